The van der Waals surface area contributed by atoms with Gasteiger partial charge in [-0.2, -0.15) is 21.6 Å². The Morgan fingerprint density at radius 2 is 1.85 bits per heavy atom. The average Bonchev–Trinajstić information content (AvgIpc) is 3.31. The van der Waals surface area contributed by atoms with Gasteiger partial charge in [0, 0.05) is 51.5 Å². The molecular formula is C26H36N4O7S2. The molecule has 4 rings (SSSR count). The van der Waals surface area contributed by atoms with Crippen molar-refractivity contribution in [3.63, 3.8) is 0 Å². The van der Waals surface area contributed by atoms with E-state index >= 15 is 0 Å². The maximum Gasteiger partial charge on any atom is 0.335 e. The number of carbonyl (C=O) groups is 1. The van der Waals surface area contributed by atoms with Crippen LogP contribution in [-0.2, 0) is 33.3 Å². The van der Waals surface area contributed by atoms with E-state index in [9.17, 15) is 9.90 Å². The highest BCUT2D eigenvalue weighted by Gasteiger charge is 2.28. The zero-order valence-electron chi connectivity index (χ0n) is 22.4. The summed E-state index contributed by atoms with van der Waals surface area (Å²) in [6.45, 7) is 5.40. The normalized spacial score (nSPS) is 16.9. The number of likely N-dealkylation sites (N-methyl/N-ethyl adjacent to an activating group) is 1. The number of ether oxygens (including phenoxy) is 1. The standard InChI is InChI=1S/C26H35N3O3.HNO2S.O2S/c1-19-11-12-24(22-10-7-14-27(2)26(19)22)32-18-25(31)28(3)23(20-8-5-4-6-9-20)17-29-15-13-21(30)16-29;1-4(2)3;1-3-2/h4-6,8-9,11-12,21,23,30H,7,10,13-18H2,1-3H3;1H;/t21-,23?;;/m0../s1. The van der Waals surface area contributed by atoms with Crippen LogP contribution in [-0.4, -0.2) is 90.6 Å². The Bertz CT molecular complexity index is 1230. The topological polar surface area (TPSA) is 148 Å². The third-order valence-corrected chi connectivity index (χ3v) is 6.82. The molecule has 2 heterocycles. The first-order chi connectivity index (χ1) is 18.6. The van der Waals surface area contributed by atoms with Gasteiger partial charge in [0.15, 0.2) is 6.61 Å². The summed E-state index contributed by atoms with van der Waals surface area (Å²) in [5.74, 6) is 0.773. The van der Waals surface area contributed by atoms with Gasteiger partial charge in [0.1, 0.15) is 5.75 Å². The van der Waals surface area contributed by atoms with E-state index in [1.165, 1.54) is 16.8 Å². The number of hydrogen-bond donors (Lipinski definition) is 2. The molecule has 2 aliphatic heterocycles. The summed E-state index contributed by atoms with van der Waals surface area (Å²) in [5.41, 5.74) is 4.79. The molecule has 0 radical (unpaired) electrons. The number of rotatable bonds is 7. The second kappa shape index (κ2) is 16.1. The summed E-state index contributed by atoms with van der Waals surface area (Å²) in [7, 11) is 1.36. The summed E-state index contributed by atoms with van der Waals surface area (Å²) in [6.07, 6.45) is 2.58. The van der Waals surface area contributed by atoms with Gasteiger partial charge in [0.05, 0.1) is 12.1 Å². The molecular weight excluding hydrogens is 544 g/mol. The highest BCUT2D eigenvalue weighted by Crippen LogP contribution is 2.36. The van der Waals surface area contributed by atoms with Gasteiger partial charge in [-0.15, -0.1) is 0 Å². The van der Waals surface area contributed by atoms with Crippen LogP contribution in [0.2, 0.25) is 0 Å². The number of aliphatic hydroxyl groups is 1. The largest absolute Gasteiger partial charge is 0.483 e. The molecule has 0 saturated carbocycles. The lowest BCUT2D eigenvalue weighted by Crippen LogP contribution is -2.41. The SMILES string of the molecule is Cc1ccc(OCC(=O)N(C)C(CN2CC[C@H](O)C2)c2ccccc2)c2c1N(C)CCC2.N=S(=O)=O.O=S=O. The number of likely N-dealkylation sites (tertiary alicyclic amines) is 1. The Labute approximate surface area is 234 Å². The molecule has 0 aromatic heterocycles. The van der Waals surface area contributed by atoms with E-state index in [0.29, 0.717) is 13.1 Å². The van der Waals surface area contributed by atoms with Crippen molar-refractivity contribution in [3.8, 4) is 5.75 Å². The van der Waals surface area contributed by atoms with Gasteiger partial charge in [-0.3, -0.25) is 9.69 Å². The van der Waals surface area contributed by atoms with Crippen molar-refractivity contribution < 1.29 is 31.5 Å². The Hall–Kier alpha value is -3.13. The zero-order valence-corrected chi connectivity index (χ0v) is 24.0. The smallest absolute Gasteiger partial charge is 0.335 e. The van der Waals surface area contributed by atoms with E-state index in [2.05, 4.69) is 42.0 Å². The number of aliphatic hydroxyl groups excluding tert-OH is 1. The Balaban J connectivity index is 0.000000686. The first-order valence-corrected chi connectivity index (χ1v) is 14.2. The van der Waals surface area contributed by atoms with Crippen LogP contribution < -0.4 is 9.64 Å². The molecule has 2 aromatic carbocycles. The molecule has 2 N–H and O–H groups in total. The molecule has 2 aromatic rings. The van der Waals surface area contributed by atoms with Crippen molar-refractivity contribution >= 4 is 33.7 Å². The minimum Gasteiger partial charge on any atom is -0.483 e. The van der Waals surface area contributed by atoms with E-state index in [-0.39, 0.29) is 24.7 Å². The number of aryl methyl sites for hydroxylation is 1. The number of carbonyl (C=O) groups excluding carboxylic acids is 1. The lowest BCUT2D eigenvalue weighted by molar-refractivity contribution is -0.134. The van der Waals surface area contributed by atoms with Crippen LogP contribution in [0.4, 0.5) is 5.69 Å². The second-order valence-electron chi connectivity index (χ2n) is 9.46. The predicted octanol–water partition coefficient (Wildman–Crippen LogP) is 1.98. The summed E-state index contributed by atoms with van der Waals surface area (Å²) in [6, 6.07) is 14.1. The summed E-state index contributed by atoms with van der Waals surface area (Å²) < 4.78 is 45.5. The molecule has 1 saturated heterocycles. The van der Waals surface area contributed by atoms with Crippen LogP contribution in [0, 0.1) is 11.7 Å². The molecule has 1 unspecified atom stereocenters. The third-order valence-electron chi connectivity index (χ3n) is 6.82. The van der Waals surface area contributed by atoms with Crippen molar-refractivity contribution in [2.75, 3.05) is 51.8 Å². The van der Waals surface area contributed by atoms with Crippen LogP contribution >= 0.6 is 0 Å². The van der Waals surface area contributed by atoms with E-state index in [1.54, 1.807) is 4.90 Å². The summed E-state index contributed by atoms with van der Waals surface area (Å²) in [4.78, 5) is 19.5. The molecule has 39 heavy (non-hydrogen) atoms. The third kappa shape index (κ3) is 9.84. The van der Waals surface area contributed by atoms with Gasteiger partial charge >= 0.3 is 22.1 Å². The molecule has 11 nitrogen and oxygen atoms in total. The summed E-state index contributed by atoms with van der Waals surface area (Å²) in [5, 5.41) is 9.93. The zero-order chi connectivity index (χ0) is 28.9. The minimum absolute atomic E-state index is 0.0155. The lowest BCUT2D eigenvalue weighted by atomic mass is 9.97. The van der Waals surface area contributed by atoms with Crippen LogP contribution in [0.15, 0.2) is 42.5 Å². The van der Waals surface area contributed by atoms with Crippen molar-refractivity contribution in [3.05, 3.63) is 59.2 Å². The fraction of sp³-hybridized carbons (Fsp3) is 0.500. The number of amides is 1. The lowest BCUT2D eigenvalue weighted by Gasteiger charge is -2.33. The molecule has 0 aliphatic carbocycles. The average molecular weight is 581 g/mol. The number of hydrogen-bond acceptors (Lipinski definition) is 10. The Kier molecular flexibility index (Phi) is 13.2. The molecule has 2 atom stereocenters. The Morgan fingerprint density at radius 3 is 2.44 bits per heavy atom. The number of fused-ring (bicyclic) bond motifs is 1. The number of β-amino-alcohol motifs (C(OH)–C–C–N with tert-alkyl or cyclic N) is 1. The van der Waals surface area contributed by atoms with Crippen LogP contribution in [0.3, 0.4) is 0 Å². The molecule has 2 aliphatic rings. The van der Waals surface area contributed by atoms with E-state index in [1.807, 2.05) is 31.3 Å². The fourth-order valence-corrected chi connectivity index (χ4v) is 5.01. The van der Waals surface area contributed by atoms with E-state index in [0.717, 1.165) is 43.7 Å². The van der Waals surface area contributed by atoms with E-state index in [4.69, 9.17) is 26.4 Å². The predicted molar refractivity (Wildman–Crippen MR) is 148 cm³/mol. The van der Waals surface area contributed by atoms with Gasteiger partial charge in [0.25, 0.3) is 5.91 Å². The molecule has 1 fully saturated rings. The first-order valence-electron chi connectivity index (χ1n) is 12.5. The minimum atomic E-state index is -2.61. The second-order valence-corrected chi connectivity index (χ2v) is 10.1. The van der Waals surface area contributed by atoms with Gasteiger partial charge in [-0.05, 0) is 43.4 Å². The number of anilines is 1. The van der Waals surface area contributed by atoms with Crippen molar-refractivity contribution in [2.45, 2.75) is 38.3 Å². The van der Waals surface area contributed by atoms with Gasteiger partial charge < -0.3 is 19.6 Å². The van der Waals surface area contributed by atoms with Crippen molar-refractivity contribution in [2.24, 2.45) is 0 Å². The van der Waals surface area contributed by atoms with Crippen LogP contribution in [0.25, 0.3) is 0 Å². The molecule has 214 valence electrons. The van der Waals surface area contributed by atoms with Gasteiger partial charge in [0.2, 0.25) is 0 Å². The highest BCUT2D eigenvalue weighted by molar-refractivity contribution is 7.60. The fourth-order valence-electron chi connectivity index (χ4n) is 5.01. The van der Waals surface area contributed by atoms with Gasteiger partial charge in [-0.25, -0.2) is 0 Å². The maximum atomic E-state index is 13.2. The molecule has 0 spiro atoms. The van der Waals surface area contributed by atoms with Crippen LogP contribution in [0.1, 0.15) is 35.6 Å². The Morgan fingerprint density at radius 1 is 1.21 bits per heavy atom. The molecule has 0 bridgehead atoms. The van der Waals surface area contributed by atoms with Crippen molar-refractivity contribution in [1.82, 2.24) is 9.80 Å². The molecule has 1 amide bonds. The number of nitrogens with zero attached hydrogens (tertiary/aromatic N) is 3. The van der Waals surface area contributed by atoms with Crippen LogP contribution in [0.5, 0.6) is 5.75 Å². The monoisotopic (exact) mass is 580 g/mol. The maximum absolute atomic E-state index is 13.2. The number of nitrogens with one attached hydrogen (secondary N) is 1. The number of benzene rings is 2. The highest BCUT2D eigenvalue weighted by atomic mass is 32.2. The summed E-state index contributed by atoms with van der Waals surface area (Å²) >= 11 is -0.750. The van der Waals surface area contributed by atoms with Gasteiger partial charge in [-0.1, -0.05) is 36.4 Å². The van der Waals surface area contributed by atoms with Crippen molar-refractivity contribution in [1.29, 1.82) is 4.78 Å². The molecule has 13 heteroatoms. The quantitative estimate of drug-likeness (QED) is 0.501. The first kappa shape index (κ1) is 32.1. The van der Waals surface area contributed by atoms with E-state index < -0.39 is 22.1 Å².